The van der Waals surface area contributed by atoms with Crippen molar-refractivity contribution in [3.8, 4) is 5.69 Å². The van der Waals surface area contributed by atoms with E-state index in [1.54, 1.807) is 22.8 Å². The van der Waals surface area contributed by atoms with Crippen molar-refractivity contribution < 1.29 is 14.6 Å². The molecule has 3 aromatic rings. The number of hydroxylamine groups is 1. The smallest absolute Gasteiger partial charge is 0.356 e. The number of hydrogen-bond donors (Lipinski definition) is 1. The Kier molecular flexibility index (Phi) is 3.54. The molecule has 2 aromatic carbocycles. The molecule has 1 aromatic heterocycles. The molecule has 124 valence electrons. The van der Waals surface area contributed by atoms with Gasteiger partial charge in [-0.05, 0) is 30.3 Å². The average molecular weight is 354 g/mol. The number of carbonyl (C=O) groups is 1. The number of benzene rings is 2. The van der Waals surface area contributed by atoms with Gasteiger partial charge in [-0.1, -0.05) is 29.8 Å². The van der Waals surface area contributed by atoms with Gasteiger partial charge < -0.3 is 10.3 Å². The number of hydrogen-bond acceptors (Lipinski definition) is 3. The number of carboxylic acid groups (broad SMARTS) is 1. The summed E-state index contributed by atoms with van der Waals surface area (Å²) in [5, 5.41) is 22.8. The van der Waals surface area contributed by atoms with Gasteiger partial charge in [0.1, 0.15) is 12.0 Å². The van der Waals surface area contributed by atoms with Gasteiger partial charge in [0, 0.05) is 10.6 Å². The zero-order chi connectivity index (χ0) is 17.6. The first-order valence-electron chi connectivity index (χ1n) is 7.53. The molecule has 25 heavy (non-hydrogen) atoms. The van der Waals surface area contributed by atoms with Crippen LogP contribution >= 0.6 is 11.6 Å². The van der Waals surface area contributed by atoms with E-state index in [4.69, 9.17) is 11.6 Å². The predicted molar refractivity (Wildman–Crippen MR) is 92.5 cm³/mol. The summed E-state index contributed by atoms with van der Waals surface area (Å²) < 4.78 is 2.42. The largest absolute Gasteiger partial charge is 0.623 e. The number of aromatic carboxylic acids is 1. The maximum absolute atomic E-state index is 12.9. The minimum absolute atomic E-state index is 0.127. The monoisotopic (exact) mass is 353 g/mol. The average Bonchev–Trinajstić information content (AvgIpc) is 2.95. The first kappa shape index (κ1) is 15.4. The fourth-order valence-corrected chi connectivity index (χ4v) is 3.24. The van der Waals surface area contributed by atoms with Crippen molar-refractivity contribution in [3.05, 3.63) is 87.6 Å². The Morgan fingerprint density at radius 1 is 1.24 bits per heavy atom. The molecule has 1 N–H and O–H groups in total. The zero-order valence-electron chi connectivity index (χ0n) is 12.9. The first-order valence-corrected chi connectivity index (χ1v) is 7.91. The summed E-state index contributed by atoms with van der Waals surface area (Å²) in [7, 11) is 0. The van der Waals surface area contributed by atoms with Crippen molar-refractivity contribution in [1.29, 1.82) is 0 Å². The molecule has 0 atom stereocenters. The maximum Gasteiger partial charge on any atom is 0.356 e. The van der Waals surface area contributed by atoms with E-state index in [2.05, 4.69) is 4.98 Å². The standard InChI is InChI=1S/C18H12ClN3O3/c19-12-6-7-14-13(8-12)17(11-4-2-1-3-5-11)22(25)9-15-16(18(23)24)20-10-21(14)15/h1-8,10H,9H2,(H,23,24). The van der Waals surface area contributed by atoms with E-state index in [0.29, 0.717) is 27.7 Å². The Labute approximate surface area is 147 Å². The van der Waals surface area contributed by atoms with Crippen LogP contribution in [0.2, 0.25) is 5.02 Å². The van der Waals surface area contributed by atoms with Gasteiger partial charge in [-0.3, -0.25) is 4.57 Å². The number of fused-ring (bicyclic) bond motifs is 3. The van der Waals surface area contributed by atoms with Crippen LogP contribution in [0.4, 0.5) is 0 Å². The molecule has 0 fully saturated rings. The van der Waals surface area contributed by atoms with Gasteiger partial charge in [0.05, 0.1) is 11.3 Å². The fourth-order valence-electron chi connectivity index (χ4n) is 3.06. The molecule has 4 rings (SSSR count). The molecule has 0 saturated carbocycles. The van der Waals surface area contributed by atoms with Crippen molar-refractivity contribution in [3.63, 3.8) is 0 Å². The summed E-state index contributed by atoms with van der Waals surface area (Å²) in [6, 6.07) is 14.4. The lowest BCUT2D eigenvalue weighted by molar-refractivity contribution is -0.474. The third-order valence-electron chi connectivity index (χ3n) is 4.13. The van der Waals surface area contributed by atoms with Crippen LogP contribution in [0.25, 0.3) is 5.69 Å². The van der Waals surface area contributed by atoms with E-state index in [1.165, 1.54) is 6.33 Å². The van der Waals surface area contributed by atoms with Gasteiger partial charge in [-0.25, -0.2) is 9.78 Å². The summed E-state index contributed by atoms with van der Waals surface area (Å²) in [6.45, 7) is -0.127. The molecule has 2 heterocycles. The molecule has 1 aliphatic rings. The Morgan fingerprint density at radius 2 is 2.00 bits per heavy atom. The molecular weight excluding hydrogens is 342 g/mol. The SMILES string of the molecule is O=C(O)c1ncn2c1C[N+]([O-])=C(c1ccccc1)c1cc(Cl)ccc1-2. The molecule has 0 unspecified atom stereocenters. The summed E-state index contributed by atoms with van der Waals surface area (Å²) in [4.78, 5) is 15.4. The van der Waals surface area contributed by atoms with E-state index < -0.39 is 5.97 Å². The summed E-state index contributed by atoms with van der Waals surface area (Å²) in [5.41, 5.74) is 2.67. The maximum atomic E-state index is 12.9. The van der Waals surface area contributed by atoms with Gasteiger partial charge in [0.25, 0.3) is 0 Å². The van der Waals surface area contributed by atoms with Crippen molar-refractivity contribution >= 4 is 23.3 Å². The molecule has 0 bridgehead atoms. The number of aromatic nitrogens is 2. The van der Waals surface area contributed by atoms with Gasteiger partial charge >= 0.3 is 5.97 Å². The molecule has 6 nitrogen and oxygen atoms in total. The van der Waals surface area contributed by atoms with Gasteiger partial charge in [-0.2, -0.15) is 4.74 Å². The molecule has 1 aliphatic heterocycles. The van der Waals surface area contributed by atoms with E-state index in [-0.39, 0.29) is 12.2 Å². The fraction of sp³-hybridized carbons (Fsp3) is 0.0556. The predicted octanol–water partition coefficient (Wildman–Crippen LogP) is 3.09. The lowest BCUT2D eigenvalue weighted by Crippen LogP contribution is -2.18. The topological polar surface area (TPSA) is 81.2 Å². The molecule has 0 saturated heterocycles. The Hall–Kier alpha value is -3.12. The minimum atomic E-state index is -1.17. The molecule has 0 amide bonds. The quantitative estimate of drug-likeness (QED) is 0.567. The normalized spacial score (nSPS) is 13.2. The van der Waals surface area contributed by atoms with E-state index >= 15 is 0 Å². The Bertz CT molecular complexity index is 1030. The lowest BCUT2D eigenvalue weighted by Gasteiger charge is -2.11. The minimum Gasteiger partial charge on any atom is -0.623 e. The third-order valence-corrected chi connectivity index (χ3v) is 4.37. The highest BCUT2D eigenvalue weighted by Crippen LogP contribution is 2.28. The van der Waals surface area contributed by atoms with Crippen LogP contribution in [-0.2, 0) is 6.54 Å². The highest BCUT2D eigenvalue weighted by atomic mass is 35.5. The summed E-state index contributed by atoms with van der Waals surface area (Å²) >= 11 is 6.16. The van der Waals surface area contributed by atoms with Gasteiger partial charge in [-0.15, -0.1) is 0 Å². The lowest BCUT2D eigenvalue weighted by atomic mass is 10.0. The highest BCUT2D eigenvalue weighted by molar-refractivity contribution is 6.31. The zero-order valence-corrected chi connectivity index (χ0v) is 13.6. The molecule has 7 heteroatoms. The molecule has 0 aliphatic carbocycles. The second kappa shape index (κ2) is 5.75. The number of halogens is 1. The van der Waals surface area contributed by atoms with E-state index in [0.717, 1.165) is 10.3 Å². The molecule has 0 spiro atoms. The number of imidazole rings is 1. The van der Waals surface area contributed by atoms with Crippen LogP contribution < -0.4 is 0 Å². The van der Waals surface area contributed by atoms with Crippen LogP contribution in [0.15, 0.2) is 54.9 Å². The van der Waals surface area contributed by atoms with E-state index in [1.807, 2.05) is 30.3 Å². The summed E-state index contributed by atoms with van der Waals surface area (Å²) in [6.07, 6.45) is 1.42. The first-order chi connectivity index (χ1) is 12.1. The van der Waals surface area contributed by atoms with Crippen LogP contribution in [0.1, 0.15) is 27.3 Å². The van der Waals surface area contributed by atoms with Gasteiger partial charge in [0.2, 0.25) is 5.71 Å². The summed E-state index contributed by atoms with van der Waals surface area (Å²) in [5.74, 6) is -1.17. The van der Waals surface area contributed by atoms with Crippen molar-refractivity contribution in [1.82, 2.24) is 9.55 Å². The second-order valence-corrected chi connectivity index (χ2v) is 6.06. The van der Waals surface area contributed by atoms with Crippen molar-refractivity contribution in [2.45, 2.75) is 6.54 Å². The van der Waals surface area contributed by atoms with Crippen molar-refractivity contribution in [2.24, 2.45) is 0 Å². The second-order valence-electron chi connectivity index (χ2n) is 5.63. The molecule has 0 radical (unpaired) electrons. The van der Waals surface area contributed by atoms with Crippen LogP contribution in [0, 0.1) is 5.21 Å². The van der Waals surface area contributed by atoms with Crippen molar-refractivity contribution in [2.75, 3.05) is 0 Å². The number of nitrogens with zero attached hydrogens (tertiary/aromatic N) is 3. The van der Waals surface area contributed by atoms with Crippen LogP contribution in [0.3, 0.4) is 0 Å². The highest BCUT2D eigenvalue weighted by Gasteiger charge is 2.30. The van der Waals surface area contributed by atoms with Crippen LogP contribution in [0.5, 0.6) is 0 Å². The number of rotatable bonds is 2. The van der Waals surface area contributed by atoms with Gasteiger partial charge in [0.15, 0.2) is 12.2 Å². The molecular formula is C18H12ClN3O3. The Morgan fingerprint density at radius 3 is 2.72 bits per heavy atom. The Balaban J connectivity index is 2.06. The van der Waals surface area contributed by atoms with E-state index in [9.17, 15) is 15.1 Å². The van der Waals surface area contributed by atoms with Crippen LogP contribution in [-0.4, -0.2) is 31.1 Å². The number of carboxylic acids is 1. The third kappa shape index (κ3) is 2.47.